The monoisotopic (exact) mass is 257 g/mol. The first kappa shape index (κ1) is 15.4. The van der Waals surface area contributed by atoms with Crippen molar-refractivity contribution in [1.29, 1.82) is 0 Å². The molecule has 0 aliphatic heterocycles. The lowest BCUT2D eigenvalue weighted by molar-refractivity contribution is -0.137. The Morgan fingerprint density at radius 2 is 2.00 bits per heavy atom. The van der Waals surface area contributed by atoms with Crippen LogP contribution in [0.1, 0.15) is 39.5 Å². The molecule has 18 heavy (non-hydrogen) atoms. The van der Waals surface area contributed by atoms with Gasteiger partial charge in [-0.05, 0) is 31.1 Å². The van der Waals surface area contributed by atoms with Crippen molar-refractivity contribution in [3.8, 4) is 0 Å². The molecule has 1 fully saturated rings. The maximum absolute atomic E-state index is 12.2. The van der Waals surface area contributed by atoms with Gasteiger partial charge in [0.2, 0.25) is 5.91 Å². The molecule has 106 valence electrons. The van der Waals surface area contributed by atoms with Crippen molar-refractivity contribution in [3.63, 3.8) is 0 Å². The number of carbonyl (C=O) groups is 1. The van der Waals surface area contributed by atoms with Crippen LogP contribution in [0.25, 0.3) is 0 Å². The maximum Gasteiger partial charge on any atom is 0.225 e. The van der Waals surface area contributed by atoms with Crippen molar-refractivity contribution in [2.24, 2.45) is 11.3 Å². The van der Waals surface area contributed by atoms with E-state index in [0.717, 1.165) is 25.7 Å². The summed E-state index contributed by atoms with van der Waals surface area (Å²) in [6.45, 7) is 5.15. The number of hydrogen-bond acceptors (Lipinski definition) is 3. The van der Waals surface area contributed by atoms with Gasteiger partial charge in [0, 0.05) is 26.6 Å². The second-order valence-corrected chi connectivity index (χ2v) is 6.27. The summed E-state index contributed by atoms with van der Waals surface area (Å²) in [6.07, 6.45) is 3.56. The standard InChI is InChI=1S/C14H27NO3/c1-14(2)7-5-11(6-8-14)13(17)15(3)9-12(16)10-18-4/h11-12,16H,5-10H2,1-4H3. The molecule has 1 aliphatic rings. The van der Waals surface area contributed by atoms with Gasteiger partial charge in [-0.25, -0.2) is 0 Å². The Bertz CT molecular complexity index is 268. The van der Waals surface area contributed by atoms with Gasteiger partial charge in [0.15, 0.2) is 0 Å². The predicted octanol–water partition coefficient (Wildman–Crippen LogP) is 1.67. The van der Waals surface area contributed by atoms with Gasteiger partial charge in [-0.1, -0.05) is 13.8 Å². The van der Waals surface area contributed by atoms with Crippen molar-refractivity contribution in [2.45, 2.75) is 45.6 Å². The van der Waals surface area contributed by atoms with E-state index in [0.29, 0.717) is 12.0 Å². The molecular formula is C14H27NO3. The minimum Gasteiger partial charge on any atom is -0.389 e. The fourth-order valence-electron chi connectivity index (χ4n) is 2.61. The van der Waals surface area contributed by atoms with Gasteiger partial charge in [0.1, 0.15) is 0 Å². The van der Waals surface area contributed by atoms with E-state index in [9.17, 15) is 9.90 Å². The smallest absolute Gasteiger partial charge is 0.225 e. The van der Waals surface area contributed by atoms with Crippen LogP contribution in [0.3, 0.4) is 0 Å². The highest BCUT2D eigenvalue weighted by atomic mass is 16.5. The molecule has 1 unspecified atom stereocenters. The predicted molar refractivity (Wildman–Crippen MR) is 71.3 cm³/mol. The highest BCUT2D eigenvalue weighted by Gasteiger charge is 2.32. The topological polar surface area (TPSA) is 49.8 Å². The van der Waals surface area contributed by atoms with E-state index in [2.05, 4.69) is 13.8 Å². The van der Waals surface area contributed by atoms with Crippen LogP contribution in [0.15, 0.2) is 0 Å². The van der Waals surface area contributed by atoms with Crippen molar-refractivity contribution < 1.29 is 14.6 Å². The second kappa shape index (κ2) is 6.53. The summed E-state index contributed by atoms with van der Waals surface area (Å²) < 4.78 is 4.87. The number of rotatable bonds is 5. The van der Waals surface area contributed by atoms with E-state index in [-0.39, 0.29) is 18.4 Å². The molecule has 1 N–H and O–H groups in total. The molecule has 4 nitrogen and oxygen atoms in total. The number of aliphatic hydroxyl groups is 1. The zero-order valence-corrected chi connectivity index (χ0v) is 12.1. The van der Waals surface area contributed by atoms with Gasteiger partial charge in [-0.2, -0.15) is 0 Å². The van der Waals surface area contributed by atoms with Crippen LogP contribution in [-0.2, 0) is 9.53 Å². The largest absolute Gasteiger partial charge is 0.389 e. The molecule has 0 aromatic rings. The van der Waals surface area contributed by atoms with E-state index >= 15 is 0 Å². The summed E-state index contributed by atoms with van der Waals surface area (Å²) in [5.41, 5.74) is 0.380. The van der Waals surface area contributed by atoms with Crippen molar-refractivity contribution in [1.82, 2.24) is 4.90 Å². The molecule has 1 amide bonds. The molecule has 1 aliphatic carbocycles. The second-order valence-electron chi connectivity index (χ2n) is 6.27. The van der Waals surface area contributed by atoms with Crippen molar-refractivity contribution in [2.75, 3.05) is 27.3 Å². The van der Waals surface area contributed by atoms with Crippen molar-refractivity contribution >= 4 is 5.91 Å². The molecule has 0 heterocycles. The number of aliphatic hydroxyl groups excluding tert-OH is 1. The minimum absolute atomic E-state index is 0.137. The Labute approximate surface area is 110 Å². The first-order valence-corrected chi connectivity index (χ1v) is 6.78. The number of ether oxygens (including phenoxy) is 1. The third-order valence-electron chi connectivity index (χ3n) is 3.91. The van der Waals surface area contributed by atoms with Gasteiger partial charge >= 0.3 is 0 Å². The summed E-state index contributed by atoms with van der Waals surface area (Å²) >= 11 is 0. The first-order chi connectivity index (χ1) is 8.35. The molecule has 0 aromatic carbocycles. The summed E-state index contributed by atoms with van der Waals surface area (Å²) in [6, 6.07) is 0. The van der Waals surface area contributed by atoms with Gasteiger partial charge in [0.05, 0.1) is 12.7 Å². The lowest BCUT2D eigenvalue weighted by Crippen LogP contribution is -2.41. The van der Waals surface area contributed by atoms with Gasteiger partial charge in [0.25, 0.3) is 0 Å². The molecule has 0 bridgehead atoms. The average Bonchev–Trinajstić information content (AvgIpc) is 2.28. The lowest BCUT2D eigenvalue weighted by atomic mass is 9.73. The fourth-order valence-corrected chi connectivity index (χ4v) is 2.61. The highest BCUT2D eigenvalue weighted by molar-refractivity contribution is 5.78. The number of hydrogen-bond donors (Lipinski definition) is 1. The fraction of sp³-hybridized carbons (Fsp3) is 0.929. The lowest BCUT2D eigenvalue weighted by Gasteiger charge is -2.35. The van der Waals surface area contributed by atoms with E-state index in [1.807, 2.05) is 0 Å². The third kappa shape index (κ3) is 4.58. The zero-order valence-electron chi connectivity index (χ0n) is 12.1. The van der Waals surface area contributed by atoms with Gasteiger partial charge in [-0.15, -0.1) is 0 Å². The van der Waals surface area contributed by atoms with Crippen molar-refractivity contribution in [3.05, 3.63) is 0 Å². The highest BCUT2D eigenvalue weighted by Crippen LogP contribution is 2.38. The van der Waals surface area contributed by atoms with E-state index in [4.69, 9.17) is 4.74 Å². The number of methoxy groups -OCH3 is 1. The Kier molecular flexibility index (Phi) is 5.60. The summed E-state index contributed by atoms with van der Waals surface area (Å²) in [5.74, 6) is 0.304. The van der Waals surface area contributed by atoms with Crippen LogP contribution < -0.4 is 0 Å². The molecule has 1 saturated carbocycles. The van der Waals surface area contributed by atoms with Crippen LogP contribution in [0.2, 0.25) is 0 Å². The SMILES string of the molecule is COCC(O)CN(C)C(=O)C1CCC(C)(C)CC1. The minimum atomic E-state index is -0.594. The maximum atomic E-state index is 12.2. The van der Waals surface area contributed by atoms with E-state index in [1.165, 1.54) is 0 Å². The van der Waals surface area contributed by atoms with Crippen LogP contribution >= 0.6 is 0 Å². The Hall–Kier alpha value is -0.610. The first-order valence-electron chi connectivity index (χ1n) is 6.78. The number of likely N-dealkylation sites (N-methyl/N-ethyl adjacent to an activating group) is 1. The Morgan fingerprint density at radius 3 is 2.50 bits per heavy atom. The summed E-state index contributed by atoms with van der Waals surface area (Å²) in [5, 5.41) is 9.63. The van der Waals surface area contributed by atoms with Gasteiger partial charge in [-0.3, -0.25) is 4.79 Å². The number of nitrogens with zero attached hydrogens (tertiary/aromatic N) is 1. The molecule has 1 rings (SSSR count). The van der Waals surface area contributed by atoms with Crippen LogP contribution in [0, 0.1) is 11.3 Å². The van der Waals surface area contributed by atoms with Gasteiger partial charge < -0.3 is 14.7 Å². The van der Waals surface area contributed by atoms with Crippen LogP contribution in [0.4, 0.5) is 0 Å². The molecule has 0 radical (unpaired) electrons. The molecule has 0 spiro atoms. The molecule has 1 atom stereocenters. The quantitative estimate of drug-likeness (QED) is 0.815. The van der Waals surface area contributed by atoms with E-state index < -0.39 is 6.10 Å². The average molecular weight is 257 g/mol. The number of amides is 1. The third-order valence-corrected chi connectivity index (χ3v) is 3.91. The van der Waals surface area contributed by atoms with Crippen LogP contribution in [0.5, 0.6) is 0 Å². The number of carbonyl (C=O) groups excluding carboxylic acids is 1. The Morgan fingerprint density at radius 1 is 1.44 bits per heavy atom. The molecular weight excluding hydrogens is 230 g/mol. The molecule has 0 aromatic heterocycles. The summed E-state index contributed by atoms with van der Waals surface area (Å²) in [7, 11) is 3.31. The molecule has 4 heteroatoms. The summed E-state index contributed by atoms with van der Waals surface area (Å²) in [4.78, 5) is 13.9. The van der Waals surface area contributed by atoms with Crippen LogP contribution in [-0.4, -0.2) is 49.3 Å². The Balaban J connectivity index is 2.40. The molecule has 0 saturated heterocycles. The normalized spacial score (nSPS) is 21.6. The zero-order chi connectivity index (χ0) is 13.8. The van der Waals surface area contributed by atoms with E-state index in [1.54, 1.807) is 19.1 Å².